The van der Waals surface area contributed by atoms with Gasteiger partial charge < -0.3 is 0 Å². The van der Waals surface area contributed by atoms with E-state index in [9.17, 15) is 0 Å². The van der Waals surface area contributed by atoms with Crippen molar-refractivity contribution >= 4 is 36.3 Å². The summed E-state index contributed by atoms with van der Waals surface area (Å²) in [5, 5.41) is 0. The number of rotatable bonds is 5. The SMILES string of the molecule is CS/N=C/c1cc(-c2ccc(C)c(/C=N/SC)c2)ccc1C. The van der Waals surface area contributed by atoms with Gasteiger partial charge in [-0.15, -0.1) is 0 Å². The lowest BCUT2D eigenvalue weighted by Crippen LogP contribution is -1.91. The van der Waals surface area contributed by atoms with E-state index in [1.54, 1.807) is 0 Å². The molecule has 0 amide bonds. The van der Waals surface area contributed by atoms with E-state index in [1.165, 1.54) is 46.1 Å². The largest absolute Gasteiger partial charge is 0.224 e. The average Bonchev–Trinajstić information content (AvgIpc) is 2.53. The fourth-order valence-corrected chi connectivity index (χ4v) is 2.58. The fraction of sp³-hybridized carbons (Fsp3) is 0.222. The van der Waals surface area contributed by atoms with E-state index in [1.807, 2.05) is 24.9 Å². The van der Waals surface area contributed by atoms with Crippen LogP contribution in [0, 0.1) is 13.8 Å². The van der Waals surface area contributed by atoms with Gasteiger partial charge in [-0.1, -0.05) is 24.3 Å². The van der Waals surface area contributed by atoms with Crippen LogP contribution in [0.25, 0.3) is 11.1 Å². The molecular weight excluding hydrogens is 308 g/mol. The predicted octanol–water partition coefficient (Wildman–Crippen LogP) is 5.36. The van der Waals surface area contributed by atoms with Crippen LogP contribution in [0.4, 0.5) is 0 Å². The van der Waals surface area contributed by atoms with Crippen LogP contribution in [0.1, 0.15) is 22.3 Å². The molecule has 0 saturated carbocycles. The summed E-state index contributed by atoms with van der Waals surface area (Å²) in [6.07, 6.45) is 7.78. The van der Waals surface area contributed by atoms with Gasteiger partial charge in [-0.2, -0.15) is 0 Å². The van der Waals surface area contributed by atoms with Crippen LogP contribution in [-0.2, 0) is 0 Å². The van der Waals surface area contributed by atoms with E-state index >= 15 is 0 Å². The smallest absolute Gasteiger partial charge is 0.0426 e. The highest BCUT2D eigenvalue weighted by atomic mass is 32.2. The highest BCUT2D eigenvalue weighted by molar-refractivity contribution is 7.97. The Morgan fingerprint density at radius 1 is 0.727 bits per heavy atom. The average molecular weight is 329 g/mol. The summed E-state index contributed by atoms with van der Waals surface area (Å²) in [6.45, 7) is 4.22. The Bertz CT molecular complexity index is 645. The van der Waals surface area contributed by atoms with Crippen molar-refractivity contribution in [3.63, 3.8) is 0 Å². The van der Waals surface area contributed by atoms with Gasteiger partial charge in [-0.05, 0) is 83.3 Å². The molecule has 0 spiro atoms. The lowest BCUT2D eigenvalue weighted by molar-refractivity contribution is 1.42. The minimum atomic E-state index is 1.16. The molecule has 2 nitrogen and oxygen atoms in total. The maximum Gasteiger partial charge on any atom is 0.0426 e. The van der Waals surface area contributed by atoms with Crippen LogP contribution >= 0.6 is 23.9 Å². The molecule has 0 aliphatic carbocycles. The quantitative estimate of drug-likeness (QED) is 0.545. The second kappa shape index (κ2) is 8.20. The van der Waals surface area contributed by atoms with Crippen molar-refractivity contribution in [3.05, 3.63) is 58.7 Å². The molecule has 22 heavy (non-hydrogen) atoms. The molecule has 0 aliphatic heterocycles. The second-order valence-corrected chi connectivity index (χ2v) is 6.13. The van der Waals surface area contributed by atoms with Crippen LogP contribution in [-0.4, -0.2) is 24.9 Å². The maximum atomic E-state index is 4.28. The molecule has 0 aliphatic rings. The minimum Gasteiger partial charge on any atom is -0.224 e. The molecule has 2 aromatic rings. The Morgan fingerprint density at radius 2 is 1.14 bits per heavy atom. The molecule has 0 saturated heterocycles. The maximum absolute atomic E-state index is 4.28. The summed E-state index contributed by atoms with van der Waals surface area (Å²) < 4.78 is 8.56. The Labute approximate surface area is 141 Å². The van der Waals surface area contributed by atoms with Crippen LogP contribution in [0.15, 0.2) is 45.2 Å². The van der Waals surface area contributed by atoms with Crippen molar-refractivity contribution in [2.75, 3.05) is 12.5 Å². The normalized spacial score (nSPS) is 11.6. The first-order chi connectivity index (χ1) is 10.7. The molecule has 0 bridgehead atoms. The number of benzene rings is 2. The third kappa shape index (κ3) is 4.24. The minimum absolute atomic E-state index is 1.16. The predicted molar refractivity (Wildman–Crippen MR) is 104 cm³/mol. The number of hydrogen-bond acceptors (Lipinski definition) is 4. The standard InChI is InChI=1S/C18H20N2S2/c1-13-5-7-15(9-17(13)11-19-21-3)16-8-6-14(2)18(10-16)12-20-22-4/h5-12H,1-4H3/b19-11+,20-12+. The third-order valence-electron chi connectivity index (χ3n) is 3.49. The summed E-state index contributed by atoms with van der Waals surface area (Å²) in [4.78, 5) is 0. The van der Waals surface area contributed by atoms with Crippen LogP contribution in [0.2, 0.25) is 0 Å². The zero-order chi connectivity index (χ0) is 15.9. The van der Waals surface area contributed by atoms with Crippen molar-refractivity contribution in [3.8, 4) is 11.1 Å². The Morgan fingerprint density at radius 3 is 1.50 bits per heavy atom. The van der Waals surface area contributed by atoms with Crippen molar-refractivity contribution in [1.82, 2.24) is 0 Å². The van der Waals surface area contributed by atoms with Gasteiger partial charge in [0.1, 0.15) is 0 Å². The van der Waals surface area contributed by atoms with Crippen molar-refractivity contribution < 1.29 is 0 Å². The van der Waals surface area contributed by atoms with Gasteiger partial charge >= 0.3 is 0 Å². The highest BCUT2D eigenvalue weighted by Gasteiger charge is 2.04. The number of nitrogens with zero attached hydrogens (tertiary/aromatic N) is 2. The summed E-state index contributed by atoms with van der Waals surface area (Å²) in [7, 11) is 0. The summed E-state index contributed by atoms with van der Waals surface area (Å²) in [5.74, 6) is 0. The molecule has 0 aromatic heterocycles. The molecule has 114 valence electrons. The molecule has 0 heterocycles. The lowest BCUT2D eigenvalue weighted by Gasteiger charge is -2.08. The van der Waals surface area contributed by atoms with E-state index in [2.05, 4.69) is 59.0 Å². The summed E-state index contributed by atoms with van der Waals surface area (Å²) in [6, 6.07) is 13.0. The summed E-state index contributed by atoms with van der Waals surface area (Å²) in [5.41, 5.74) is 7.19. The molecular formula is C18H20N2S2. The Balaban J connectivity index is 2.43. The topological polar surface area (TPSA) is 24.7 Å². The number of aryl methyl sites for hydroxylation is 2. The van der Waals surface area contributed by atoms with Gasteiger partial charge in [0, 0.05) is 24.9 Å². The molecule has 0 radical (unpaired) electrons. The molecule has 0 unspecified atom stereocenters. The Kier molecular flexibility index (Phi) is 6.28. The molecule has 0 N–H and O–H groups in total. The van der Waals surface area contributed by atoms with Gasteiger partial charge in [0.05, 0.1) is 0 Å². The van der Waals surface area contributed by atoms with Crippen LogP contribution in [0.5, 0.6) is 0 Å². The molecule has 0 atom stereocenters. The van der Waals surface area contributed by atoms with Crippen LogP contribution in [0.3, 0.4) is 0 Å². The van der Waals surface area contributed by atoms with Gasteiger partial charge in [0.25, 0.3) is 0 Å². The second-order valence-electron chi connectivity index (χ2n) is 4.98. The summed E-state index contributed by atoms with van der Waals surface area (Å²) >= 11 is 2.94. The molecule has 2 aromatic carbocycles. The van der Waals surface area contributed by atoms with Crippen molar-refractivity contribution in [1.29, 1.82) is 0 Å². The van der Waals surface area contributed by atoms with E-state index < -0.39 is 0 Å². The molecule has 2 rings (SSSR count). The first-order valence-corrected chi connectivity index (χ1v) is 9.36. The molecule has 4 heteroatoms. The van der Waals surface area contributed by atoms with Gasteiger partial charge in [0.2, 0.25) is 0 Å². The highest BCUT2D eigenvalue weighted by Crippen LogP contribution is 2.24. The van der Waals surface area contributed by atoms with Gasteiger partial charge in [-0.25, -0.2) is 8.80 Å². The Hall–Kier alpha value is -1.52. The van der Waals surface area contributed by atoms with E-state index in [0.29, 0.717) is 0 Å². The first-order valence-electron chi connectivity index (χ1n) is 7.00. The monoisotopic (exact) mass is 328 g/mol. The zero-order valence-electron chi connectivity index (χ0n) is 13.3. The number of hydrogen-bond donors (Lipinski definition) is 0. The van der Waals surface area contributed by atoms with Crippen LogP contribution < -0.4 is 0 Å². The van der Waals surface area contributed by atoms with Crippen molar-refractivity contribution in [2.45, 2.75) is 13.8 Å². The van der Waals surface area contributed by atoms with Gasteiger partial charge in [-0.3, -0.25) is 0 Å². The molecule has 0 fully saturated rings. The third-order valence-corrected chi connectivity index (χ3v) is 4.12. The van der Waals surface area contributed by atoms with E-state index in [-0.39, 0.29) is 0 Å². The lowest BCUT2D eigenvalue weighted by atomic mass is 9.97. The van der Waals surface area contributed by atoms with Gasteiger partial charge in [0.15, 0.2) is 0 Å². The van der Waals surface area contributed by atoms with Crippen molar-refractivity contribution in [2.24, 2.45) is 8.80 Å². The fourth-order valence-electron chi connectivity index (χ4n) is 2.14. The first kappa shape index (κ1) is 16.8. The van der Waals surface area contributed by atoms with E-state index in [4.69, 9.17) is 0 Å². The zero-order valence-corrected chi connectivity index (χ0v) is 15.0. The van der Waals surface area contributed by atoms with E-state index in [0.717, 1.165) is 11.1 Å².